The highest BCUT2D eigenvalue weighted by Gasteiger charge is 2.23. The van der Waals surface area contributed by atoms with Gasteiger partial charge in [0.05, 0.1) is 11.3 Å². The molecule has 0 bridgehead atoms. The van der Waals surface area contributed by atoms with Crippen molar-refractivity contribution in [2.75, 3.05) is 11.4 Å². The van der Waals surface area contributed by atoms with Gasteiger partial charge in [0.1, 0.15) is 0 Å². The van der Waals surface area contributed by atoms with E-state index in [0.29, 0.717) is 5.56 Å². The van der Waals surface area contributed by atoms with Crippen molar-refractivity contribution >= 4 is 22.6 Å². The molecule has 4 rings (SSSR count). The summed E-state index contributed by atoms with van der Waals surface area (Å²) in [6.45, 7) is 2.69. The maximum absolute atomic E-state index is 13.1. The van der Waals surface area contributed by atoms with Gasteiger partial charge >= 0.3 is 0 Å². The summed E-state index contributed by atoms with van der Waals surface area (Å²) in [5.41, 5.74) is 4.60. The van der Waals surface area contributed by atoms with Gasteiger partial charge < -0.3 is 4.90 Å². The monoisotopic (exact) mass is 320 g/mol. The zero-order chi connectivity index (χ0) is 16.7. The Labute approximate surface area is 140 Å². The molecule has 3 heterocycles. The Hall–Kier alpha value is -2.69. The average molecular weight is 320 g/mol. The van der Waals surface area contributed by atoms with Gasteiger partial charge in [-0.15, -0.1) is 0 Å². The van der Waals surface area contributed by atoms with Crippen molar-refractivity contribution in [1.82, 2.24) is 14.8 Å². The Morgan fingerprint density at radius 3 is 2.92 bits per heavy atom. The molecule has 0 saturated heterocycles. The van der Waals surface area contributed by atoms with Gasteiger partial charge in [-0.25, -0.2) is 4.98 Å². The topological polar surface area (TPSA) is 51.0 Å². The Bertz CT molecular complexity index is 928. The van der Waals surface area contributed by atoms with Crippen molar-refractivity contribution in [2.24, 2.45) is 7.05 Å². The number of aromatic nitrogens is 3. The minimum Gasteiger partial charge on any atom is -0.308 e. The number of benzene rings is 1. The zero-order valence-corrected chi connectivity index (χ0v) is 14.0. The second-order valence-electron chi connectivity index (χ2n) is 6.35. The second kappa shape index (κ2) is 5.74. The molecular weight excluding hydrogens is 300 g/mol. The van der Waals surface area contributed by atoms with Crippen LogP contribution < -0.4 is 4.90 Å². The van der Waals surface area contributed by atoms with E-state index in [0.717, 1.165) is 48.2 Å². The number of aryl methyl sites for hydroxylation is 3. The van der Waals surface area contributed by atoms with Crippen LogP contribution in [0.3, 0.4) is 0 Å². The molecular formula is C19H20N4O. The standard InChI is InChI=1S/C19H20N4O/c1-13-16-11-15(12-20-18(16)22(2)21-13)19(24)23-10-6-5-8-14-7-3-4-9-17(14)23/h3-4,7,9,11-12H,5-6,8,10H2,1-2H3. The maximum Gasteiger partial charge on any atom is 0.259 e. The fraction of sp³-hybridized carbons (Fsp3) is 0.316. The van der Waals surface area contributed by atoms with Crippen LogP contribution in [0.15, 0.2) is 36.5 Å². The van der Waals surface area contributed by atoms with Crippen LogP contribution >= 0.6 is 0 Å². The van der Waals surface area contributed by atoms with Crippen LogP contribution in [-0.4, -0.2) is 27.2 Å². The number of rotatable bonds is 1. The molecule has 0 saturated carbocycles. The minimum atomic E-state index is 0.0157. The van der Waals surface area contributed by atoms with Crippen molar-refractivity contribution in [1.29, 1.82) is 0 Å². The highest BCUT2D eigenvalue weighted by molar-refractivity contribution is 6.07. The van der Waals surface area contributed by atoms with Crippen molar-refractivity contribution in [2.45, 2.75) is 26.2 Å². The third-order valence-electron chi connectivity index (χ3n) is 4.72. The highest BCUT2D eigenvalue weighted by atomic mass is 16.2. The smallest absolute Gasteiger partial charge is 0.259 e. The fourth-order valence-electron chi connectivity index (χ4n) is 3.48. The number of para-hydroxylation sites is 1. The van der Waals surface area contributed by atoms with Crippen LogP contribution in [0.1, 0.15) is 34.5 Å². The summed E-state index contributed by atoms with van der Waals surface area (Å²) in [7, 11) is 1.87. The molecule has 0 fully saturated rings. The molecule has 2 aromatic heterocycles. The molecule has 5 nitrogen and oxygen atoms in total. The molecule has 24 heavy (non-hydrogen) atoms. The van der Waals surface area contributed by atoms with E-state index in [9.17, 15) is 4.79 Å². The number of fused-ring (bicyclic) bond motifs is 2. The lowest BCUT2D eigenvalue weighted by Gasteiger charge is -2.23. The Kier molecular flexibility index (Phi) is 3.56. The molecule has 1 aliphatic rings. The number of pyridine rings is 1. The van der Waals surface area contributed by atoms with Crippen LogP contribution in [-0.2, 0) is 13.5 Å². The van der Waals surface area contributed by atoms with Gasteiger partial charge in [-0.05, 0) is 43.9 Å². The lowest BCUT2D eigenvalue weighted by Crippen LogP contribution is -2.31. The number of carbonyl (C=O) groups is 1. The van der Waals surface area contributed by atoms with Crippen molar-refractivity contribution in [3.63, 3.8) is 0 Å². The predicted octanol–water partition coefficient (Wildman–Crippen LogP) is 3.26. The molecule has 0 radical (unpaired) electrons. The fourth-order valence-corrected chi connectivity index (χ4v) is 3.48. The first kappa shape index (κ1) is 14.9. The second-order valence-corrected chi connectivity index (χ2v) is 6.35. The predicted molar refractivity (Wildman–Crippen MR) is 94.3 cm³/mol. The minimum absolute atomic E-state index is 0.0157. The Morgan fingerprint density at radius 2 is 2.04 bits per heavy atom. The number of anilines is 1. The molecule has 0 atom stereocenters. The summed E-state index contributed by atoms with van der Waals surface area (Å²) in [6, 6.07) is 10.1. The number of nitrogens with zero attached hydrogens (tertiary/aromatic N) is 4. The van der Waals surface area contributed by atoms with Crippen LogP contribution in [0.5, 0.6) is 0 Å². The van der Waals surface area contributed by atoms with Crippen LogP contribution in [0.2, 0.25) is 0 Å². The summed E-state index contributed by atoms with van der Waals surface area (Å²) in [6.07, 6.45) is 4.82. The van der Waals surface area contributed by atoms with Crippen LogP contribution in [0.4, 0.5) is 5.69 Å². The molecule has 1 aromatic carbocycles. The quantitative estimate of drug-likeness (QED) is 0.691. The van der Waals surface area contributed by atoms with E-state index in [1.807, 2.05) is 43.1 Å². The third kappa shape index (κ3) is 2.37. The largest absolute Gasteiger partial charge is 0.308 e. The summed E-state index contributed by atoms with van der Waals surface area (Å²) in [4.78, 5) is 19.5. The normalized spacial score (nSPS) is 14.5. The van der Waals surface area contributed by atoms with E-state index < -0.39 is 0 Å². The van der Waals surface area contributed by atoms with E-state index in [-0.39, 0.29) is 5.91 Å². The first-order chi connectivity index (χ1) is 11.6. The maximum atomic E-state index is 13.1. The summed E-state index contributed by atoms with van der Waals surface area (Å²) in [5, 5.41) is 5.32. The van der Waals surface area contributed by atoms with Gasteiger partial charge in [0.25, 0.3) is 5.91 Å². The van der Waals surface area contributed by atoms with Crippen molar-refractivity contribution < 1.29 is 4.79 Å². The molecule has 0 spiro atoms. The van der Waals surface area contributed by atoms with Crippen molar-refractivity contribution in [3.8, 4) is 0 Å². The summed E-state index contributed by atoms with van der Waals surface area (Å²) < 4.78 is 1.75. The number of hydrogen-bond donors (Lipinski definition) is 0. The number of amides is 1. The zero-order valence-electron chi connectivity index (χ0n) is 14.0. The first-order valence-electron chi connectivity index (χ1n) is 8.34. The average Bonchev–Trinajstić information content (AvgIpc) is 2.77. The van der Waals surface area contributed by atoms with E-state index in [4.69, 9.17) is 0 Å². The molecule has 122 valence electrons. The van der Waals surface area contributed by atoms with Crippen LogP contribution in [0.25, 0.3) is 11.0 Å². The van der Waals surface area contributed by atoms with Gasteiger partial charge in [0, 0.05) is 30.9 Å². The lowest BCUT2D eigenvalue weighted by molar-refractivity contribution is 0.0987. The van der Waals surface area contributed by atoms with E-state index in [1.54, 1.807) is 10.9 Å². The molecule has 5 heteroatoms. The summed E-state index contributed by atoms with van der Waals surface area (Å²) in [5.74, 6) is 0.0157. The molecule has 0 N–H and O–H groups in total. The molecule has 3 aromatic rings. The molecule has 1 amide bonds. The van der Waals surface area contributed by atoms with Gasteiger partial charge in [-0.2, -0.15) is 5.10 Å². The van der Waals surface area contributed by atoms with Gasteiger partial charge in [-0.1, -0.05) is 18.2 Å². The van der Waals surface area contributed by atoms with E-state index in [1.165, 1.54) is 5.56 Å². The molecule has 0 aliphatic carbocycles. The van der Waals surface area contributed by atoms with Crippen LogP contribution in [0, 0.1) is 6.92 Å². The van der Waals surface area contributed by atoms with E-state index in [2.05, 4.69) is 16.1 Å². The summed E-state index contributed by atoms with van der Waals surface area (Å²) >= 11 is 0. The van der Waals surface area contributed by atoms with Gasteiger partial charge in [0.15, 0.2) is 5.65 Å². The SMILES string of the molecule is Cc1nn(C)c2ncc(C(=O)N3CCCCc4ccccc43)cc12. The van der Waals surface area contributed by atoms with E-state index >= 15 is 0 Å². The molecule has 1 aliphatic heterocycles. The van der Waals surface area contributed by atoms with Gasteiger partial charge in [0.2, 0.25) is 0 Å². The first-order valence-corrected chi connectivity index (χ1v) is 8.34. The Morgan fingerprint density at radius 1 is 1.21 bits per heavy atom. The van der Waals surface area contributed by atoms with Crippen molar-refractivity contribution in [3.05, 3.63) is 53.3 Å². The van der Waals surface area contributed by atoms with Gasteiger partial charge in [-0.3, -0.25) is 9.48 Å². The molecule has 0 unspecified atom stereocenters. The highest BCUT2D eigenvalue weighted by Crippen LogP contribution is 2.28. The lowest BCUT2D eigenvalue weighted by atomic mass is 10.1. The Balaban J connectivity index is 1.77. The number of hydrogen-bond acceptors (Lipinski definition) is 3. The third-order valence-corrected chi connectivity index (χ3v) is 4.72. The number of carbonyl (C=O) groups excluding carboxylic acids is 1.